The minimum atomic E-state index is 0.372. The van der Waals surface area contributed by atoms with Crippen LogP contribution in [0.25, 0.3) is 0 Å². The molecule has 0 saturated heterocycles. The summed E-state index contributed by atoms with van der Waals surface area (Å²) in [7, 11) is 0. The molecule has 2 rings (SSSR count). The SMILES string of the molecule is CCCNc1cc(Oc2ccc(Br)cc2C(C)C)ncn1. The van der Waals surface area contributed by atoms with Crippen LogP contribution in [0.1, 0.15) is 38.7 Å². The molecule has 0 aliphatic rings. The van der Waals surface area contributed by atoms with Crippen molar-refractivity contribution in [3.8, 4) is 11.6 Å². The van der Waals surface area contributed by atoms with E-state index >= 15 is 0 Å². The van der Waals surface area contributed by atoms with Crippen LogP contribution in [0, 0.1) is 0 Å². The van der Waals surface area contributed by atoms with Gasteiger partial charge < -0.3 is 10.1 Å². The molecule has 5 heteroatoms. The molecule has 1 aromatic heterocycles. The third-order valence-corrected chi connectivity index (χ3v) is 3.50. The average molecular weight is 350 g/mol. The first kappa shape index (κ1) is 15.8. The molecule has 0 saturated carbocycles. The zero-order valence-corrected chi connectivity index (χ0v) is 14.1. The third-order valence-electron chi connectivity index (χ3n) is 3.01. The Hall–Kier alpha value is -1.62. The smallest absolute Gasteiger partial charge is 0.224 e. The van der Waals surface area contributed by atoms with Crippen LogP contribution in [0.2, 0.25) is 0 Å². The van der Waals surface area contributed by atoms with Crippen LogP contribution in [0.15, 0.2) is 35.1 Å². The summed E-state index contributed by atoms with van der Waals surface area (Å²) < 4.78 is 6.98. The van der Waals surface area contributed by atoms with E-state index in [0.717, 1.165) is 34.6 Å². The van der Waals surface area contributed by atoms with E-state index in [9.17, 15) is 0 Å². The highest BCUT2D eigenvalue weighted by Crippen LogP contribution is 2.32. The summed E-state index contributed by atoms with van der Waals surface area (Å²) >= 11 is 3.50. The van der Waals surface area contributed by atoms with E-state index in [2.05, 4.69) is 58.1 Å². The lowest BCUT2D eigenvalue weighted by Gasteiger charge is -2.14. The quantitative estimate of drug-likeness (QED) is 0.798. The van der Waals surface area contributed by atoms with Gasteiger partial charge in [0.05, 0.1) is 0 Å². The lowest BCUT2D eigenvalue weighted by Crippen LogP contribution is -2.03. The maximum atomic E-state index is 5.93. The normalized spacial score (nSPS) is 10.7. The molecule has 0 bridgehead atoms. The molecular weight excluding hydrogens is 330 g/mol. The largest absolute Gasteiger partial charge is 0.439 e. The molecule has 0 atom stereocenters. The number of ether oxygens (including phenoxy) is 1. The molecule has 1 aromatic carbocycles. The van der Waals surface area contributed by atoms with E-state index in [0.29, 0.717) is 11.8 Å². The van der Waals surface area contributed by atoms with Gasteiger partial charge in [-0.25, -0.2) is 9.97 Å². The standard InChI is InChI=1S/C16H20BrN3O/c1-4-7-18-15-9-16(20-10-19-15)21-14-6-5-12(17)8-13(14)11(2)3/h5-6,8-11H,4,7H2,1-3H3,(H,18,19,20). The molecule has 0 aliphatic carbocycles. The highest BCUT2D eigenvalue weighted by Gasteiger charge is 2.10. The monoisotopic (exact) mass is 349 g/mol. The van der Waals surface area contributed by atoms with Crippen LogP contribution >= 0.6 is 15.9 Å². The van der Waals surface area contributed by atoms with Gasteiger partial charge in [-0.1, -0.05) is 36.7 Å². The van der Waals surface area contributed by atoms with Crippen LogP contribution in [-0.2, 0) is 0 Å². The third kappa shape index (κ3) is 4.43. The summed E-state index contributed by atoms with van der Waals surface area (Å²) in [5.41, 5.74) is 1.14. The summed E-state index contributed by atoms with van der Waals surface area (Å²) in [4.78, 5) is 8.36. The summed E-state index contributed by atoms with van der Waals surface area (Å²) in [6.45, 7) is 7.28. The van der Waals surface area contributed by atoms with E-state index in [1.54, 1.807) is 0 Å². The van der Waals surface area contributed by atoms with E-state index < -0.39 is 0 Å². The molecule has 0 amide bonds. The lowest BCUT2D eigenvalue weighted by atomic mass is 10.0. The molecule has 0 unspecified atom stereocenters. The molecule has 21 heavy (non-hydrogen) atoms. The molecule has 0 aliphatic heterocycles. The number of rotatable bonds is 6. The fourth-order valence-corrected chi connectivity index (χ4v) is 2.30. The summed E-state index contributed by atoms with van der Waals surface area (Å²) in [6, 6.07) is 7.83. The number of benzene rings is 1. The summed E-state index contributed by atoms with van der Waals surface area (Å²) in [6.07, 6.45) is 2.56. The lowest BCUT2D eigenvalue weighted by molar-refractivity contribution is 0.453. The van der Waals surface area contributed by atoms with Crippen LogP contribution in [-0.4, -0.2) is 16.5 Å². The highest BCUT2D eigenvalue weighted by atomic mass is 79.9. The molecule has 112 valence electrons. The topological polar surface area (TPSA) is 47.0 Å². The zero-order valence-electron chi connectivity index (χ0n) is 12.6. The Morgan fingerprint density at radius 3 is 2.76 bits per heavy atom. The number of nitrogens with zero attached hydrogens (tertiary/aromatic N) is 2. The van der Waals surface area contributed by atoms with Crippen molar-refractivity contribution < 1.29 is 4.74 Å². The number of hydrogen-bond donors (Lipinski definition) is 1. The van der Waals surface area contributed by atoms with Gasteiger partial charge in [-0.15, -0.1) is 0 Å². The molecule has 0 spiro atoms. The second kappa shape index (κ2) is 7.41. The number of halogens is 1. The Morgan fingerprint density at radius 2 is 2.05 bits per heavy atom. The van der Waals surface area contributed by atoms with Gasteiger partial charge >= 0.3 is 0 Å². The number of anilines is 1. The molecular formula is C16H20BrN3O. The number of hydrogen-bond acceptors (Lipinski definition) is 4. The van der Waals surface area contributed by atoms with E-state index in [1.165, 1.54) is 6.33 Å². The second-order valence-electron chi connectivity index (χ2n) is 5.11. The van der Waals surface area contributed by atoms with E-state index in [-0.39, 0.29) is 0 Å². The van der Waals surface area contributed by atoms with Gasteiger partial charge in [0.25, 0.3) is 0 Å². The molecule has 0 radical (unpaired) electrons. The van der Waals surface area contributed by atoms with Crippen molar-refractivity contribution in [2.24, 2.45) is 0 Å². The van der Waals surface area contributed by atoms with Gasteiger partial charge in [-0.2, -0.15) is 0 Å². The van der Waals surface area contributed by atoms with Crippen LogP contribution in [0.5, 0.6) is 11.6 Å². The maximum Gasteiger partial charge on any atom is 0.224 e. The second-order valence-corrected chi connectivity index (χ2v) is 6.02. The minimum absolute atomic E-state index is 0.372. The van der Waals surface area contributed by atoms with Gasteiger partial charge in [-0.3, -0.25) is 0 Å². The number of aromatic nitrogens is 2. The zero-order chi connectivity index (χ0) is 15.2. The Labute approximate surface area is 134 Å². The van der Waals surface area contributed by atoms with E-state index in [1.807, 2.05) is 18.2 Å². The van der Waals surface area contributed by atoms with Gasteiger partial charge in [-0.05, 0) is 36.1 Å². The Morgan fingerprint density at radius 1 is 1.24 bits per heavy atom. The Balaban J connectivity index is 2.22. The maximum absolute atomic E-state index is 5.93. The highest BCUT2D eigenvalue weighted by molar-refractivity contribution is 9.10. The number of nitrogens with one attached hydrogen (secondary N) is 1. The van der Waals surface area contributed by atoms with Gasteiger partial charge in [0.2, 0.25) is 5.88 Å². The van der Waals surface area contributed by atoms with Crippen molar-refractivity contribution in [2.75, 3.05) is 11.9 Å². The van der Waals surface area contributed by atoms with Crippen LogP contribution < -0.4 is 10.1 Å². The van der Waals surface area contributed by atoms with Crippen molar-refractivity contribution in [3.05, 3.63) is 40.6 Å². The van der Waals surface area contributed by atoms with Crippen molar-refractivity contribution in [3.63, 3.8) is 0 Å². The first-order chi connectivity index (χ1) is 10.1. The van der Waals surface area contributed by atoms with Crippen molar-refractivity contribution in [1.82, 2.24) is 9.97 Å². The molecule has 1 heterocycles. The fourth-order valence-electron chi connectivity index (χ4n) is 1.92. The minimum Gasteiger partial charge on any atom is -0.439 e. The molecule has 0 fully saturated rings. The first-order valence-electron chi connectivity index (χ1n) is 7.13. The van der Waals surface area contributed by atoms with E-state index in [4.69, 9.17) is 4.74 Å². The van der Waals surface area contributed by atoms with Crippen molar-refractivity contribution in [1.29, 1.82) is 0 Å². The van der Waals surface area contributed by atoms with Crippen molar-refractivity contribution >= 4 is 21.7 Å². The van der Waals surface area contributed by atoms with Crippen molar-refractivity contribution in [2.45, 2.75) is 33.1 Å². The molecule has 1 N–H and O–H groups in total. The molecule has 2 aromatic rings. The first-order valence-corrected chi connectivity index (χ1v) is 7.92. The van der Waals surface area contributed by atoms with Crippen LogP contribution in [0.3, 0.4) is 0 Å². The summed E-state index contributed by atoms with van der Waals surface area (Å²) in [5.74, 6) is 2.53. The predicted molar refractivity (Wildman–Crippen MR) is 89.1 cm³/mol. The van der Waals surface area contributed by atoms with Gasteiger partial charge in [0, 0.05) is 17.1 Å². The Kier molecular flexibility index (Phi) is 5.56. The predicted octanol–water partition coefficient (Wildman–Crippen LogP) is 4.98. The Bertz CT molecular complexity index is 602. The average Bonchev–Trinajstić information content (AvgIpc) is 2.47. The van der Waals surface area contributed by atoms with Gasteiger partial charge in [0.1, 0.15) is 17.9 Å². The van der Waals surface area contributed by atoms with Gasteiger partial charge in [0.15, 0.2) is 0 Å². The fraction of sp³-hybridized carbons (Fsp3) is 0.375. The molecule has 4 nitrogen and oxygen atoms in total. The van der Waals surface area contributed by atoms with Crippen LogP contribution in [0.4, 0.5) is 5.82 Å². The summed E-state index contributed by atoms with van der Waals surface area (Å²) in [5, 5.41) is 3.23.